The number of hydrogen-bond donors (Lipinski definition) is 2. The maximum Gasteiger partial charge on any atom is 0.335 e. The number of ether oxygens (including phenoxy) is 1. The summed E-state index contributed by atoms with van der Waals surface area (Å²) in [4.78, 5) is 22.9. The van der Waals surface area contributed by atoms with Crippen molar-refractivity contribution in [1.29, 1.82) is 5.53 Å². The van der Waals surface area contributed by atoms with Crippen LogP contribution in [0.1, 0.15) is 15.9 Å². The number of hydrogen-bond acceptors (Lipinski definition) is 5. The molecule has 0 atom stereocenters. The first-order valence-electron chi connectivity index (χ1n) is 6.19. The molecule has 2 aromatic carbocycles. The summed E-state index contributed by atoms with van der Waals surface area (Å²) in [6.45, 7) is 0.130. The smallest absolute Gasteiger partial charge is 0.335 e. The summed E-state index contributed by atoms with van der Waals surface area (Å²) < 4.78 is 5.37. The first-order chi connectivity index (χ1) is 11.0. The molecular weight excluding hydrogens is 304 g/mol. The summed E-state index contributed by atoms with van der Waals surface area (Å²) in [5, 5.41) is 19.8. The fourth-order valence-corrected chi connectivity index (χ4v) is 1.65. The zero-order valence-electron chi connectivity index (χ0n) is 11.7. The number of nitro benzene ring substituents is 1. The van der Waals surface area contributed by atoms with E-state index in [1.54, 1.807) is 4.91 Å². The minimum atomic E-state index is -1.16. The first-order valence-corrected chi connectivity index (χ1v) is 6.19. The highest BCUT2D eigenvalue weighted by molar-refractivity contribution is 5.88. The van der Waals surface area contributed by atoms with Gasteiger partial charge < -0.3 is 9.84 Å². The van der Waals surface area contributed by atoms with Crippen LogP contribution < -0.4 is 4.74 Å². The molecule has 0 saturated carbocycles. The monoisotopic (exact) mass is 316 g/mol. The van der Waals surface area contributed by atoms with Gasteiger partial charge in [0, 0.05) is 12.1 Å². The lowest BCUT2D eigenvalue weighted by atomic mass is 10.2. The van der Waals surface area contributed by atoms with Crippen molar-refractivity contribution in [2.75, 3.05) is 0 Å². The molecule has 23 heavy (non-hydrogen) atoms. The van der Waals surface area contributed by atoms with Gasteiger partial charge in [-0.2, -0.15) is 0 Å². The Balaban J connectivity index is 0.000000816. The molecule has 2 rings (SSSR count). The van der Waals surface area contributed by atoms with Gasteiger partial charge in [-0.1, -0.05) is 30.3 Å². The molecule has 0 fully saturated rings. The highest BCUT2D eigenvalue weighted by Crippen LogP contribution is 2.28. The van der Waals surface area contributed by atoms with Crippen LogP contribution in [0.5, 0.6) is 5.75 Å². The van der Waals surface area contributed by atoms with E-state index in [2.05, 4.69) is 0 Å². The van der Waals surface area contributed by atoms with Crippen LogP contribution in [0.15, 0.2) is 48.5 Å². The molecule has 0 spiro atoms. The van der Waals surface area contributed by atoms with Gasteiger partial charge in [0.25, 0.3) is 0 Å². The van der Waals surface area contributed by atoms with Crippen LogP contribution in [0.4, 0.5) is 5.69 Å². The normalized spacial score (nSPS) is 9.04. The van der Waals surface area contributed by atoms with Crippen LogP contribution in [0.3, 0.4) is 0 Å². The van der Waals surface area contributed by atoms with Crippen LogP contribution in [0.2, 0.25) is 0 Å². The van der Waals surface area contributed by atoms with Gasteiger partial charge in [0.1, 0.15) is 6.61 Å². The highest BCUT2D eigenvalue weighted by atomic mass is 16.6. The number of nitrogens with zero attached hydrogens (tertiary/aromatic N) is 3. The van der Waals surface area contributed by atoms with Crippen molar-refractivity contribution in [3.63, 3.8) is 0 Å². The Labute approximate surface area is 130 Å². The molecular formula is C14H12N4O5. The zero-order valence-corrected chi connectivity index (χ0v) is 11.7. The average Bonchev–Trinajstić information content (AvgIpc) is 2.54. The molecule has 0 amide bonds. The maximum absolute atomic E-state index is 10.9. The molecule has 0 unspecified atom stereocenters. The predicted octanol–water partition coefficient (Wildman–Crippen LogP) is 3.75. The Hall–Kier alpha value is -3.58. The third-order valence-corrected chi connectivity index (χ3v) is 2.64. The number of carboxylic acids is 1. The Bertz CT molecular complexity index is 727. The molecule has 2 N–H and O–H groups in total. The SMILES string of the molecule is O=C(O)c1ccc([N+](=O)[O-])c(OCc2ccccc2)c1.[N-]=[N+]=N. The van der Waals surface area contributed by atoms with Crippen molar-refractivity contribution in [3.8, 4) is 5.75 Å². The number of carboxylic acid groups (broad SMARTS) is 1. The summed E-state index contributed by atoms with van der Waals surface area (Å²) in [6.07, 6.45) is 0. The average molecular weight is 316 g/mol. The Kier molecular flexibility index (Phi) is 6.57. The van der Waals surface area contributed by atoms with Crippen molar-refractivity contribution in [2.24, 2.45) is 0 Å². The maximum atomic E-state index is 10.9. The van der Waals surface area contributed by atoms with E-state index in [0.29, 0.717) is 0 Å². The standard InChI is InChI=1S/C14H11NO5.HN3/c16-14(17)11-6-7-12(15(18)19)13(8-11)20-9-10-4-2-1-3-5-10;1-3-2/h1-8H,9H2,(H,16,17);1H. The van der Waals surface area contributed by atoms with Gasteiger partial charge >= 0.3 is 11.7 Å². The topological polar surface area (TPSA) is 150 Å². The molecule has 0 saturated heterocycles. The molecule has 0 bridgehead atoms. The number of aromatic carboxylic acids is 1. The van der Waals surface area contributed by atoms with E-state index in [0.717, 1.165) is 17.7 Å². The van der Waals surface area contributed by atoms with Gasteiger partial charge in [0.05, 0.1) is 10.5 Å². The van der Waals surface area contributed by atoms with E-state index < -0.39 is 10.9 Å². The molecule has 0 heterocycles. The molecule has 9 heteroatoms. The highest BCUT2D eigenvalue weighted by Gasteiger charge is 2.17. The van der Waals surface area contributed by atoms with E-state index in [4.69, 9.17) is 20.9 Å². The third kappa shape index (κ3) is 5.37. The van der Waals surface area contributed by atoms with Gasteiger partial charge in [0.15, 0.2) is 5.75 Å². The lowest BCUT2D eigenvalue weighted by Gasteiger charge is -2.07. The van der Waals surface area contributed by atoms with E-state index in [9.17, 15) is 14.9 Å². The summed E-state index contributed by atoms with van der Waals surface area (Å²) in [6, 6.07) is 12.6. The van der Waals surface area contributed by atoms with Gasteiger partial charge in [0.2, 0.25) is 0 Å². The Morgan fingerprint density at radius 1 is 1.30 bits per heavy atom. The molecule has 0 radical (unpaired) electrons. The molecule has 2 aromatic rings. The number of benzene rings is 2. The minimum absolute atomic E-state index is 0.0567. The van der Waals surface area contributed by atoms with Crippen LogP contribution in [0, 0.1) is 15.6 Å². The molecule has 0 aromatic heterocycles. The van der Waals surface area contributed by atoms with E-state index in [1.807, 2.05) is 30.3 Å². The zero-order chi connectivity index (χ0) is 17.2. The minimum Gasteiger partial charge on any atom is -0.482 e. The van der Waals surface area contributed by atoms with Gasteiger partial charge in [-0.05, 0) is 22.1 Å². The van der Waals surface area contributed by atoms with Crippen molar-refractivity contribution in [1.82, 2.24) is 0 Å². The lowest BCUT2D eigenvalue weighted by Crippen LogP contribution is -2.02. The van der Waals surface area contributed by atoms with Gasteiger partial charge in [-0.25, -0.2) is 4.79 Å². The second-order valence-electron chi connectivity index (χ2n) is 4.12. The van der Waals surface area contributed by atoms with Crippen LogP contribution in [0.25, 0.3) is 10.4 Å². The van der Waals surface area contributed by atoms with E-state index in [1.165, 1.54) is 6.07 Å². The first kappa shape index (κ1) is 17.5. The molecule has 9 nitrogen and oxygen atoms in total. The number of carbonyl (C=O) groups is 1. The second kappa shape index (κ2) is 8.65. The molecule has 0 aliphatic rings. The lowest BCUT2D eigenvalue weighted by molar-refractivity contribution is -0.385. The summed E-state index contributed by atoms with van der Waals surface area (Å²) in [5.74, 6) is -1.22. The third-order valence-electron chi connectivity index (χ3n) is 2.64. The quantitative estimate of drug-likeness (QED) is 0.283. The number of rotatable bonds is 5. The number of nitro groups is 1. The largest absolute Gasteiger partial charge is 0.482 e. The molecule has 0 aliphatic carbocycles. The van der Waals surface area contributed by atoms with Crippen molar-refractivity contribution >= 4 is 11.7 Å². The fourth-order valence-electron chi connectivity index (χ4n) is 1.65. The van der Waals surface area contributed by atoms with Crippen LogP contribution in [-0.2, 0) is 6.61 Å². The summed E-state index contributed by atoms with van der Waals surface area (Å²) in [7, 11) is 0. The summed E-state index contributed by atoms with van der Waals surface area (Å²) >= 11 is 0. The Morgan fingerprint density at radius 3 is 2.43 bits per heavy atom. The second-order valence-corrected chi connectivity index (χ2v) is 4.12. The van der Waals surface area contributed by atoms with Crippen LogP contribution in [-0.4, -0.2) is 16.0 Å². The van der Waals surface area contributed by atoms with Crippen molar-refractivity contribution in [3.05, 3.63) is 80.2 Å². The molecule has 118 valence electrons. The van der Waals surface area contributed by atoms with Gasteiger partial charge in [-0.3, -0.25) is 10.1 Å². The predicted molar refractivity (Wildman–Crippen MR) is 80.3 cm³/mol. The van der Waals surface area contributed by atoms with Crippen LogP contribution >= 0.6 is 0 Å². The van der Waals surface area contributed by atoms with E-state index >= 15 is 0 Å². The number of nitrogens with one attached hydrogen (secondary N) is 1. The fraction of sp³-hybridized carbons (Fsp3) is 0.0714. The van der Waals surface area contributed by atoms with Crippen molar-refractivity contribution < 1.29 is 19.6 Å². The summed E-state index contributed by atoms with van der Waals surface area (Å²) in [5.41, 5.74) is 12.8. The van der Waals surface area contributed by atoms with Gasteiger partial charge in [-0.15, -0.1) is 5.53 Å². The molecule has 0 aliphatic heterocycles. The van der Waals surface area contributed by atoms with E-state index in [-0.39, 0.29) is 23.6 Å². The van der Waals surface area contributed by atoms with Crippen molar-refractivity contribution in [2.45, 2.75) is 6.61 Å². The Morgan fingerprint density at radius 2 is 1.91 bits per heavy atom.